The molecule has 5 heteroatoms. The number of carboxylic acid groups (broad SMARTS) is 1. The smallest absolute Gasteiger partial charge is 0.317 e. The number of nitrogens with zero attached hydrogens (tertiary/aromatic N) is 1. The number of urea groups is 1. The molecule has 2 N–H and O–H groups in total. The maximum absolute atomic E-state index is 12.4. The minimum atomic E-state index is -0.725. The Hall–Kier alpha value is -1.26. The topological polar surface area (TPSA) is 69.6 Å². The van der Waals surface area contributed by atoms with Crippen molar-refractivity contribution in [2.75, 3.05) is 13.1 Å². The highest BCUT2D eigenvalue weighted by molar-refractivity contribution is 5.75. The van der Waals surface area contributed by atoms with Gasteiger partial charge < -0.3 is 15.3 Å². The predicted octanol–water partition coefficient (Wildman–Crippen LogP) is 2.46. The lowest BCUT2D eigenvalue weighted by molar-refractivity contribution is -0.143. The Morgan fingerprint density at radius 2 is 1.48 bits per heavy atom. The van der Waals surface area contributed by atoms with Crippen LogP contribution in [0.15, 0.2) is 0 Å². The van der Waals surface area contributed by atoms with Crippen molar-refractivity contribution in [1.82, 2.24) is 10.2 Å². The number of nitrogens with one attached hydrogen (secondary N) is 1. The zero-order chi connectivity index (χ0) is 14.8. The second-order valence-corrected chi connectivity index (χ2v) is 6.96. The standard InChI is InChI=1S/C16H26N2O3/c19-15(20)13-7-9-18(10-8-13)16(21)17-14(11-3-1-4-11)12-5-2-6-12/h11-14H,1-10H2,(H,17,21)(H,19,20). The van der Waals surface area contributed by atoms with E-state index in [0.717, 1.165) is 0 Å². The van der Waals surface area contributed by atoms with Crippen molar-refractivity contribution < 1.29 is 14.7 Å². The molecule has 0 atom stereocenters. The lowest BCUT2D eigenvalue weighted by Gasteiger charge is -2.44. The van der Waals surface area contributed by atoms with E-state index in [0.29, 0.717) is 43.8 Å². The first kappa shape index (κ1) is 14.7. The van der Waals surface area contributed by atoms with Crippen molar-refractivity contribution in [3.05, 3.63) is 0 Å². The SMILES string of the molecule is O=C(O)C1CCN(C(=O)NC(C2CCC2)C2CCC2)CC1. The molecule has 0 aromatic heterocycles. The van der Waals surface area contributed by atoms with Crippen molar-refractivity contribution in [3.8, 4) is 0 Å². The fourth-order valence-electron chi connectivity index (χ4n) is 3.78. The van der Waals surface area contributed by atoms with Crippen LogP contribution in [0, 0.1) is 17.8 Å². The number of carbonyl (C=O) groups excluding carboxylic acids is 1. The molecule has 1 saturated heterocycles. The van der Waals surface area contributed by atoms with Crippen molar-refractivity contribution in [3.63, 3.8) is 0 Å². The zero-order valence-corrected chi connectivity index (χ0v) is 12.6. The summed E-state index contributed by atoms with van der Waals surface area (Å²) in [6, 6.07) is 0.389. The molecule has 21 heavy (non-hydrogen) atoms. The Bertz CT molecular complexity index is 382. The van der Waals surface area contributed by atoms with Gasteiger partial charge in [-0.1, -0.05) is 12.8 Å². The highest BCUT2D eigenvalue weighted by atomic mass is 16.4. The van der Waals surface area contributed by atoms with Crippen LogP contribution in [-0.2, 0) is 4.79 Å². The van der Waals surface area contributed by atoms with Crippen LogP contribution in [0.4, 0.5) is 4.79 Å². The fraction of sp³-hybridized carbons (Fsp3) is 0.875. The van der Waals surface area contributed by atoms with E-state index in [9.17, 15) is 9.59 Å². The van der Waals surface area contributed by atoms with Gasteiger partial charge in [-0.25, -0.2) is 4.79 Å². The highest BCUT2D eigenvalue weighted by Gasteiger charge is 2.38. The number of carbonyl (C=O) groups is 2. The molecule has 3 rings (SSSR count). The second kappa shape index (κ2) is 6.24. The number of hydrogen-bond donors (Lipinski definition) is 2. The Labute approximate surface area is 126 Å². The summed E-state index contributed by atoms with van der Waals surface area (Å²) >= 11 is 0. The Balaban J connectivity index is 1.51. The zero-order valence-electron chi connectivity index (χ0n) is 12.6. The monoisotopic (exact) mass is 294 g/mol. The summed E-state index contributed by atoms with van der Waals surface area (Å²) in [6.07, 6.45) is 8.78. The van der Waals surface area contributed by atoms with Crippen molar-refractivity contribution in [2.45, 2.75) is 57.4 Å². The Kier molecular flexibility index (Phi) is 4.36. The lowest BCUT2D eigenvalue weighted by Crippen LogP contribution is -2.54. The fourth-order valence-corrected chi connectivity index (χ4v) is 3.78. The van der Waals surface area contributed by atoms with Crippen LogP contribution in [0.5, 0.6) is 0 Å². The molecule has 2 amide bonds. The first-order valence-electron chi connectivity index (χ1n) is 8.43. The van der Waals surface area contributed by atoms with Crippen LogP contribution in [0.1, 0.15) is 51.4 Å². The highest BCUT2D eigenvalue weighted by Crippen LogP contribution is 2.40. The summed E-state index contributed by atoms with van der Waals surface area (Å²) in [4.78, 5) is 25.2. The van der Waals surface area contributed by atoms with Crippen LogP contribution in [0.2, 0.25) is 0 Å². The van der Waals surface area contributed by atoms with Gasteiger partial charge in [-0.3, -0.25) is 4.79 Å². The van der Waals surface area contributed by atoms with Gasteiger partial charge in [0.1, 0.15) is 0 Å². The number of hydrogen-bond acceptors (Lipinski definition) is 2. The van der Waals surface area contributed by atoms with Gasteiger partial charge in [-0.05, 0) is 50.4 Å². The molecule has 0 aromatic carbocycles. The molecule has 3 aliphatic rings. The maximum Gasteiger partial charge on any atom is 0.317 e. The molecule has 0 spiro atoms. The van der Waals surface area contributed by atoms with E-state index < -0.39 is 5.97 Å². The maximum atomic E-state index is 12.4. The van der Waals surface area contributed by atoms with E-state index in [1.165, 1.54) is 38.5 Å². The summed E-state index contributed by atoms with van der Waals surface area (Å²) in [5.74, 6) is 0.353. The van der Waals surface area contributed by atoms with Crippen LogP contribution < -0.4 is 5.32 Å². The number of piperidine rings is 1. The first-order chi connectivity index (χ1) is 10.1. The minimum absolute atomic E-state index is 0.0302. The molecular formula is C16H26N2O3. The summed E-state index contributed by atoms with van der Waals surface area (Å²) < 4.78 is 0. The van der Waals surface area contributed by atoms with Crippen molar-refractivity contribution in [1.29, 1.82) is 0 Å². The second-order valence-electron chi connectivity index (χ2n) is 6.96. The Morgan fingerprint density at radius 1 is 0.952 bits per heavy atom. The van der Waals surface area contributed by atoms with Crippen LogP contribution >= 0.6 is 0 Å². The molecule has 0 aromatic rings. The first-order valence-corrected chi connectivity index (χ1v) is 8.43. The third kappa shape index (κ3) is 3.16. The quantitative estimate of drug-likeness (QED) is 0.837. The van der Waals surface area contributed by atoms with Crippen LogP contribution in [0.25, 0.3) is 0 Å². The van der Waals surface area contributed by atoms with Gasteiger partial charge in [0.2, 0.25) is 0 Å². The van der Waals surface area contributed by atoms with Gasteiger partial charge in [0.15, 0.2) is 0 Å². The molecule has 1 aliphatic heterocycles. The molecule has 1 heterocycles. The number of carboxylic acids is 1. The van der Waals surface area contributed by atoms with Gasteiger partial charge in [-0.2, -0.15) is 0 Å². The predicted molar refractivity (Wildman–Crippen MR) is 78.9 cm³/mol. The van der Waals surface area contributed by atoms with E-state index in [4.69, 9.17) is 5.11 Å². The molecule has 118 valence electrons. The molecule has 3 fully saturated rings. The van der Waals surface area contributed by atoms with Gasteiger partial charge in [0.05, 0.1) is 5.92 Å². The summed E-state index contributed by atoms with van der Waals surface area (Å²) in [7, 11) is 0. The average Bonchev–Trinajstić information content (AvgIpc) is 2.34. The van der Waals surface area contributed by atoms with Gasteiger partial charge in [0.25, 0.3) is 0 Å². The molecule has 0 bridgehead atoms. The number of likely N-dealkylation sites (tertiary alicyclic amines) is 1. The van der Waals surface area contributed by atoms with Crippen molar-refractivity contribution >= 4 is 12.0 Å². The summed E-state index contributed by atoms with van der Waals surface area (Å²) in [5, 5.41) is 12.3. The third-order valence-corrected chi connectivity index (χ3v) is 5.74. The average molecular weight is 294 g/mol. The molecular weight excluding hydrogens is 268 g/mol. The molecule has 0 unspecified atom stereocenters. The summed E-state index contributed by atoms with van der Waals surface area (Å²) in [5.41, 5.74) is 0. The Morgan fingerprint density at radius 3 is 1.86 bits per heavy atom. The van der Waals surface area contributed by atoms with E-state index in [2.05, 4.69) is 5.32 Å². The molecule has 0 radical (unpaired) electrons. The van der Waals surface area contributed by atoms with E-state index in [-0.39, 0.29) is 11.9 Å². The number of amides is 2. The van der Waals surface area contributed by atoms with Crippen LogP contribution in [-0.4, -0.2) is 41.1 Å². The minimum Gasteiger partial charge on any atom is -0.481 e. The number of rotatable bonds is 4. The molecule has 2 saturated carbocycles. The summed E-state index contributed by atoms with van der Waals surface area (Å²) in [6.45, 7) is 1.15. The normalized spacial score (nSPS) is 24.5. The largest absolute Gasteiger partial charge is 0.481 e. The van der Waals surface area contributed by atoms with E-state index >= 15 is 0 Å². The van der Waals surface area contributed by atoms with Gasteiger partial charge in [-0.15, -0.1) is 0 Å². The molecule has 5 nitrogen and oxygen atoms in total. The van der Waals surface area contributed by atoms with Crippen LogP contribution in [0.3, 0.4) is 0 Å². The van der Waals surface area contributed by atoms with E-state index in [1.54, 1.807) is 0 Å². The molecule has 2 aliphatic carbocycles. The van der Waals surface area contributed by atoms with Crippen molar-refractivity contribution in [2.24, 2.45) is 17.8 Å². The third-order valence-electron chi connectivity index (χ3n) is 5.74. The van der Waals surface area contributed by atoms with E-state index in [1.807, 2.05) is 4.90 Å². The van der Waals surface area contributed by atoms with Gasteiger partial charge in [0, 0.05) is 19.1 Å². The number of aliphatic carboxylic acids is 1. The van der Waals surface area contributed by atoms with Gasteiger partial charge >= 0.3 is 12.0 Å². The lowest BCUT2D eigenvalue weighted by atomic mass is 9.68.